The predicted octanol–water partition coefficient (Wildman–Crippen LogP) is 2.54. The first kappa shape index (κ1) is 20.6. The Bertz CT molecular complexity index is 1110. The third kappa shape index (κ3) is 4.58. The first-order valence-corrected chi connectivity index (χ1v) is 10.4. The molecule has 0 spiro atoms. The van der Waals surface area contributed by atoms with Crippen molar-refractivity contribution in [2.75, 3.05) is 32.1 Å². The molecular formula is C23H26N6O2. The highest BCUT2D eigenvalue weighted by molar-refractivity contribution is 5.92. The minimum atomic E-state index is -0.545. The minimum absolute atomic E-state index is 0.127. The molecule has 160 valence electrons. The van der Waals surface area contributed by atoms with Crippen LogP contribution in [0.3, 0.4) is 0 Å². The van der Waals surface area contributed by atoms with Gasteiger partial charge in [0.15, 0.2) is 0 Å². The van der Waals surface area contributed by atoms with Crippen molar-refractivity contribution in [3.05, 3.63) is 81.8 Å². The monoisotopic (exact) mass is 418 g/mol. The van der Waals surface area contributed by atoms with E-state index in [1.165, 1.54) is 5.56 Å². The number of carbonyl (C=O) groups excluding carboxylic acids is 1. The summed E-state index contributed by atoms with van der Waals surface area (Å²) in [4.78, 5) is 30.1. The molecule has 3 aromatic rings. The van der Waals surface area contributed by atoms with Gasteiger partial charge in [-0.3, -0.25) is 9.59 Å². The van der Waals surface area contributed by atoms with E-state index in [0.717, 1.165) is 28.9 Å². The van der Waals surface area contributed by atoms with Crippen molar-refractivity contribution in [3.8, 4) is 0 Å². The smallest absolute Gasteiger partial charge is 0.320 e. The zero-order chi connectivity index (χ0) is 21.8. The molecule has 1 aliphatic heterocycles. The van der Waals surface area contributed by atoms with E-state index in [1.807, 2.05) is 61.5 Å². The van der Waals surface area contributed by atoms with E-state index in [-0.39, 0.29) is 11.6 Å². The summed E-state index contributed by atoms with van der Waals surface area (Å²) in [6.45, 7) is 1.21. The number of piperidine rings is 1. The van der Waals surface area contributed by atoms with Crippen LogP contribution in [0.1, 0.15) is 40.4 Å². The number of rotatable bonds is 5. The Morgan fingerprint density at radius 3 is 2.42 bits per heavy atom. The Hall–Kier alpha value is -3.68. The molecular weight excluding hydrogens is 392 g/mol. The van der Waals surface area contributed by atoms with E-state index in [9.17, 15) is 9.59 Å². The summed E-state index contributed by atoms with van der Waals surface area (Å²) >= 11 is 0. The van der Waals surface area contributed by atoms with Gasteiger partial charge in [-0.25, -0.2) is 0 Å². The molecule has 31 heavy (non-hydrogen) atoms. The number of amides is 1. The Morgan fingerprint density at radius 2 is 1.77 bits per heavy atom. The van der Waals surface area contributed by atoms with E-state index in [0.29, 0.717) is 19.0 Å². The zero-order valence-electron chi connectivity index (χ0n) is 17.7. The van der Waals surface area contributed by atoms with Crippen molar-refractivity contribution in [1.29, 1.82) is 0 Å². The molecule has 0 radical (unpaired) electrons. The molecule has 4 rings (SSSR count). The molecule has 1 fully saturated rings. The molecule has 0 unspecified atom stereocenters. The highest BCUT2D eigenvalue weighted by atomic mass is 16.2. The van der Waals surface area contributed by atoms with Crippen LogP contribution in [0.15, 0.2) is 64.5 Å². The molecule has 1 aliphatic rings. The molecule has 0 saturated carbocycles. The topological polar surface area (TPSA) is 86.6 Å². The molecule has 1 aromatic heterocycles. The molecule has 8 nitrogen and oxygen atoms in total. The number of anilines is 1. The van der Waals surface area contributed by atoms with E-state index >= 15 is 0 Å². The van der Waals surface area contributed by atoms with Crippen LogP contribution in [0, 0.1) is 0 Å². The molecule has 1 N–H and O–H groups in total. The number of hydrogen-bond donors (Lipinski definition) is 1. The van der Waals surface area contributed by atoms with Gasteiger partial charge in [0.2, 0.25) is 5.69 Å². The van der Waals surface area contributed by atoms with Crippen LogP contribution < -0.4 is 10.5 Å². The van der Waals surface area contributed by atoms with E-state index in [1.54, 1.807) is 11.1 Å². The highest BCUT2D eigenvalue weighted by Crippen LogP contribution is 2.28. The van der Waals surface area contributed by atoms with E-state index in [4.69, 9.17) is 0 Å². The van der Waals surface area contributed by atoms with Crippen LogP contribution in [-0.4, -0.2) is 59.3 Å². The Balaban J connectivity index is 1.41. The van der Waals surface area contributed by atoms with Crippen LogP contribution in [-0.2, 0) is 0 Å². The van der Waals surface area contributed by atoms with Gasteiger partial charge in [-0.2, -0.15) is 10.3 Å². The van der Waals surface area contributed by atoms with Gasteiger partial charge in [0.25, 0.3) is 5.91 Å². The summed E-state index contributed by atoms with van der Waals surface area (Å²) in [7, 11) is 3.94. The Morgan fingerprint density at radius 1 is 1.10 bits per heavy atom. The average molecular weight is 419 g/mol. The standard InChI is InChI=1S/C23H26N6O2/c1-27(2)20-10-8-17(9-11-20)16-24-29-23(31)21(25-26-29)22(30)28-14-12-19(13-15-28)18-6-4-3-5-7-18/h3-11,16,19,26H,12-15H2,1-2H3. The van der Waals surface area contributed by atoms with Gasteiger partial charge in [-0.05, 0) is 42.0 Å². The Kier molecular flexibility index (Phi) is 5.97. The summed E-state index contributed by atoms with van der Waals surface area (Å²) in [6, 6.07) is 18.1. The van der Waals surface area contributed by atoms with Crippen LogP contribution in [0.25, 0.3) is 0 Å². The second-order valence-electron chi connectivity index (χ2n) is 7.89. The second-order valence-corrected chi connectivity index (χ2v) is 7.89. The van der Waals surface area contributed by atoms with Crippen LogP contribution in [0.2, 0.25) is 0 Å². The minimum Gasteiger partial charge on any atom is -0.378 e. The van der Waals surface area contributed by atoms with Gasteiger partial charge in [0.1, 0.15) is 0 Å². The molecule has 1 amide bonds. The predicted molar refractivity (Wildman–Crippen MR) is 121 cm³/mol. The SMILES string of the molecule is CN(C)c1ccc(C=Nn2[nH]nc(C(=O)N3CCC(c4ccccc4)CC3)c2=O)cc1. The van der Waals surface area contributed by atoms with Gasteiger partial charge in [-0.1, -0.05) is 42.5 Å². The Labute approximate surface area is 180 Å². The summed E-state index contributed by atoms with van der Waals surface area (Å²) < 4.78 is 0. The van der Waals surface area contributed by atoms with Crippen molar-refractivity contribution in [1.82, 2.24) is 20.0 Å². The number of aromatic nitrogens is 3. The number of benzene rings is 2. The maximum absolute atomic E-state index is 12.8. The lowest BCUT2D eigenvalue weighted by Crippen LogP contribution is -2.40. The van der Waals surface area contributed by atoms with Crippen LogP contribution >= 0.6 is 0 Å². The van der Waals surface area contributed by atoms with Gasteiger partial charge >= 0.3 is 5.56 Å². The molecule has 2 aromatic carbocycles. The number of nitrogens with zero attached hydrogens (tertiary/aromatic N) is 5. The van der Waals surface area contributed by atoms with Gasteiger partial charge in [0.05, 0.1) is 6.21 Å². The largest absolute Gasteiger partial charge is 0.378 e. The van der Waals surface area contributed by atoms with Crippen molar-refractivity contribution < 1.29 is 4.79 Å². The first-order valence-electron chi connectivity index (χ1n) is 10.4. The molecule has 0 aliphatic carbocycles. The molecule has 0 atom stereocenters. The zero-order valence-corrected chi connectivity index (χ0v) is 17.7. The lowest BCUT2D eigenvalue weighted by molar-refractivity contribution is 0.0705. The maximum atomic E-state index is 12.8. The number of aromatic amines is 1. The third-order valence-electron chi connectivity index (χ3n) is 5.64. The van der Waals surface area contributed by atoms with E-state index in [2.05, 4.69) is 27.5 Å². The maximum Gasteiger partial charge on any atom is 0.320 e. The number of likely N-dealkylation sites (tertiary alicyclic amines) is 1. The van der Waals surface area contributed by atoms with E-state index < -0.39 is 5.56 Å². The summed E-state index contributed by atoms with van der Waals surface area (Å²) in [6.07, 6.45) is 3.30. The molecule has 1 saturated heterocycles. The van der Waals surface area contributed by atoms with Crippen molar-refractivity contribution in [3.63, 3.8) is 0 Å². The quantitative estimate of drug-likeness (QED) is 0.645. The van der Waals surface area contributed by atoms with Crippen molar-refractivity contribution >= 4 is 17.8 Å². The third-order valence-corrected chi connectivity index (χ3v) is 5.64. The summed E-state index contributed by atoms with van der Waals surface area (Å²) in [5.41, 5.74) is 2.53. The summed E-state index contributed by atoms with van der Waals surface area (Å²) in [5, 5.41) is 10.6. The normalized spacial score (nSPS) is 14.8. The second kappa shape index (κ2) is 8.99. The fraction of sp³-hybridized carbons (Fsp3) is 0.304. The average Bonchev–Trinajstić information content (AvgIpc) is 3.18. The van der Waals surface area contributed by atoms with Crippen LogP contribution in [0.5, 0.6) is 0 Å². The lowest BCUT2D eigenvalue weighted by atomic mass is 9.89. The first-order chi connectivity index (χ1) is 15.0. The lowest BCUT2D eigenvalue weighted by Gasteiger charge is -2.31. The molecule has 8 heteroatoms. The van der Waals surface area contributed by atoms with Crippen molar-refractivity contribution in [2.24, 2.45) is 5.10 Å². The van der Waals surface area contributed by atoms with Gasteiger partial charge < -0.3 is 9.80 Å². The van der Waals surface area contributed by atoms with Crippen LogP contribution in [0.4, 0.5) is 5.69 Å². The van der Waals surface area contributed by atoms with Crippen molar-refractivity contribution in [2.45, 2.75) is 18.8 Å². The highest BCUT2D eigenvalue weighted by Gasteiger charge is 2.28. The number of nitrogens with one attached hydrogen (secondary N) is 1. The number of hydrogen-bond acceptors (Lipinski definition) is 5. The van der Waals surface area contributed by atoms with Gasteiger partial charge in [0, 0.05) is 32.9 Å². The van der Waals surface area contributed by atoms with Gasteiger partial charge in [-0.15, -0.1) is 9.89 Å². The molecule has 2 heterocycles. The number of H-pyrrole nitrogens is 1. The molecule has 0 bridgehead atoms. The number of carbonyl (C=O) groups is 1. The summed E-state index contributed by atoms with van der Waals surface area (Å²) in [5.74, 6) is 0.0848. The fourth-order valence-electron chi connectivity index (χ4n) is 3.78. The fourth-order valence-corrected chi connectivity index (χ4v) is 3.78.